The Hall–Kier alpha value is -2.96. The molecule has 0 bridgehead atoms. The van der Waals surface area contributed by atoms with Crippen molar-refractivity contribution in [2.45, 2.75) is 26.7 Å². The van der Waals surface area contributed by atoms with Gasteiger partial charge in [-0.25, -0.2) is 0 Å². The molecule has 1 aromatic carbocycles. The molecule has 3 rings (SSSR count). The highest BCUT2D eigenvalue weighted by Gasteiger charge is 2.47. The van der Waals surface area contributed by atoms with E-state index in [-0.39, 0.29) is 42.6 Å². The number of para-hydroxylation sites is 1. The standard InChI is InChI=1S/C20H23N3O4/c1-12-6-5-7-13(2)18(12)22-16(24)10-21-17(25)11-23-19(26)14-8-3-4-9-15(14)20(23)27/h3-7,14-15H,8-11H2,1-2H3,(H,21,25)(H,22,24)/t14-,15-/m1/s1. The number of nitrogens with zero attached hydrogens (tertiary/aromatic N) is 1. The van der Waals surface area contributed by atoms with Crippen molar-refractivity contribution >= 4 is 29.3 Å². The Bertz CT molecular complexity index is 784. The van der Waals surface area contributed by atoms with Crippen molar-refractivity contribution in [3.8, 4) is 0 Å². The van der Waals surface area contributed by atoms with Crippen LogP contribution in [0.15, 0.2) is 30.4 Å². The molecule has 27 heavy (non-hydrogen) atoms. The van der Waals surface area contributed by atoms with Crippen LogP contribution in [0.4, 0.5) is 5.69 Å². The van der Waals surface area contributed by atoms with Gasteiger partial charge in [0.25, 0.3) is 0 Å². The van der Waals surface area contributed by atoms with Gasteiger partial charge in [0, 0.05) is 5.69 Å². The number of fused-ring (bicyclic) bond motifs is 1. The number of aryl methyl sites for hydroxylation is 2. The van der Waals surface area contributed by atoms with Gasteiger partial charge in [-0.1, -0.05) is 30.4 Å². The van der Waals surface area contributed by atoms with E-state index in [1.54, 1.807) is 0 Å². The molecule has 7 nitrogen and oxygen atoms in total. The summed E-state index contributed by atoms with van der Waals surface area (Å²) in [6, 6.07) is 5.68. The minimum atomic E-state index is -0.528. The first-order valence-electron chi connectivity index (χ1n) is 9.01. The lowest BCUT2D eigenvalue weighted by Crippen LogP contribution is -2.43. The number of anilines is 1. The molecule has 0 radical (unpaired) electrons. The van der Waals surface area contributed by atoms with Crippen LogP contribution < -0.4 is 10.6 Å². The molecule has 4 amide bonds. The van der Waals surface area contributed by atoms with Gasteiger partial charge in [-0.2, -0.15) is 0 Å². The van der Waals surface area contributed by atoms with Crippen molar-refractivity contribution in [1.82, 2.24) is 10.2 Å². The summed E-state index contributed by atoms with van der Waals surface area (Å²) in [7, 11) is 0. The quantitative estimate of drug-likeness (QED) is 0.604. The lowest BCUT2D eigenvalue weighted by Gasteiger charge is -2.15. The smallest absolute Gasteiger partial charge is 0.243 e. The number of rotatable bonds is 5. The number of carbonyl (C=O) groups is 4. The molecule has 2 atom stereocenters. The maximum atomic E-state index is 12.4. The number of allylic oxidation sites excluding steroid dienone is 2. The number of likely N-dealkylation sites (tertiary alicyclic amines) is 1. The number of benzene rings is 1. The predicted molar refractivity (Wildman–Crippen MR) is 99.6 cm³/mol. The van der Waals surface area contributed by atoms with Gasteiger partial charge in [0.1, 0.15) is 6.54 Å². The molecule has 1 aliphatic carbocycles. The second-order valence-electron chi connectivity index (χ2n) is 7.01. The maximum absolute atomic E-state index is 12.4. The summed E-state index contributed by atoms with van der Waals surface area (Å²) in [5.41, 5.74) is 2.58. The van der Waals surface area contributed by atoms with Crippen LogP contribution in [0.3, 0.4) is 0 Å². The normalized spacial score (nSPS) is 21.2. The third-order valence-corrected chi connectivity index (χ3v) is 5.09. The number of nitrogens with one attached hydrogen (secondary N) is 2. The van der Waals surface area contributed by atoms with Crippen LogP contribution in [-0.4, -0.2) is 41.6 Å². The van der Waals surface area contributed by atoms with Gasteiger partial charge in [0.15, 0.2) is 0 Å². The first-order valence-corrected chi connectivity index (χ1v) is 9.01. The molecule has 0 aromatic heterocycles. The Labute approximate surface area is 157 Å². The Morgan fingerprint density at radius 3 is 2.11 bits per heavy atom. The van der Waals surface area contributed by atoms with Crippen LogP contribution in [0.1, 0.15) is 24.0 Å². The highest BCUT2D eigenvalue weighted by molar-refractivity contribution is 6.07. The molecular weight excluding hydrogens is 346 g/mol. The Morgan fingerprint density at radius 1 is 1.00 bits per heavy atom. The Kier molecular flexibility index (Phi) is 5.39. The minimum Gasteiger partial charge on any atom is -0.345 e. The topological polar surface area (TPSA) is 95.6 Å². The number of imide groups is 1. The average molecular weight is 369 g/mol. The predicted octanol–water partition coefficient (Wildman–Crippen LogP) is 1.31. The molecule has 2 aliphatic rings. The largest absolute Gasteiger partial charge is 0.345 e. The fraction of sp³-hybridized carbons (Fsp3) is 0.400. The van der Waals surface area contributed by atoms with E-state index >= 15 is 0 Å². The first-order chi connectivity index (χ1) is 12.9. The van der Waals surface area contributed by atoms with Crippen LogP contribution >= 0.6 is 0 Å². The summed E-state index contributed by atoms with van der Waals surface area (Å²) in [6.45, 7) is 3.21. The summed E-state index contributed by atoms with van der Waals surface area (Å²) in [6.07, 6.45) is 4.86. The zero-order chi connectivity index (χ0) is 19.6. The van der Waals surface area contributed by atoms with Gasteiger partial charge in [0.2, 0.25) is 23.6 Å². The van der Waals surface area contributed by atoms with Gasteiger partial charge in [-0.15, -0.1) is 0 Å². The van der Waals surface area contributed by atoms with Gasteiger partial charge >= 0.3 is 0 Å². The van der Waals surface area contributed by atoms with Crippen molar-refractivity contribution in [1.29, 1.82) is 0 Å². The molecule has 7 heteroatoms. The molecule has 2 N–H and O–H groups in total. The molecular formula is C20H23N3O4. The summed E-state index contributed by atoms with van der Waals surface area (Å²) in [5.74, 6) is -2.21. The third-order valence-electron chi connectivity index (χ3n) is 5.09. The summed E-state index contributed by atoms with van der Waals surface area (Å²) < 4.78 is 0. The van der Waals surface area contributed by atoms with E-state index in [4.69, 9.17) is 0 Å². The van der Waals surface area contributed by atoms with Gasteiger partial charge in [-0.05, 0) is 37.8 Å². The summed E-state index contributed by atoms with van der Waals surface area (Å²) >= 11 is 0. The van der Waals surface area contributed by atoms with Crippen LogP contribution in [0.25, 0.3) is 0 Å². The Morgan fingerprint density at radius 2 is 1.56 bits per heavy atom. The van der Waals surface area contributed by atoms with E-state index in [9.17, 15) is 19.2 Å². The highest BCUT2D eigenvalue weighted by atomic mass is 16.2. The lowest BCUT2D eigenvalue weighted by atomic mass is 9.85. The Balaban J connectivity index is 1.52. The van der Waals surface area contributed by atoms with Crippen molar-refractivity contribution in [3.63, 3.8) is 0 Å². The molecule has 142 valence electrons. The molecule has 0 unspecified atom stereocenters. The molecule has 0 saturated carbocycles. The van der Waals surface area contributed by atoms with Crippen LogP contribution in [0.5, 0.6) is 0 Å². The van der Waals surface area contributed by atoms with Crippen LogP contribution in [0.2, 0.25) is 0 Å². The zero-order valence-corrected chi connectivity index (χ0v) is 15.5. The highest BCUT2D eigenvalue weighted by Crippen LogP contribution is 2.34. The first kappa shape index (κ1) is 18.8. The third kappa shape index (κ3) is 3.92. The molecule has 1 heterocycles. The second-order valence-corrected chi connectivity index (χ2v) is 7.01. The van der Waals surface area contributed by atoms with Crippen molar-refractivity contribution in [2.24, 2.45) is 11.8 Å². The van der Waals surface area contributed by atoms with E-state index in [0.717, 1.165) is 21.7 Å². The van der Waals surface area contributed by atoms with E-state index in [1.807, 2.05) is 44.2 Å². The average Bonchev–Trinajstić information content (AvgIpc) is 2.88. The fourth-order valence-corrected chi connectivity index (χ4v) is 3.60. The SMILES string of the molecule is Cc1cccc(C)c1NC(=O)CNC(=O)CN1C(=O)[C@@H]2CC=CC[C@H]2C1=O. The van der Waals surface area contributed by atoms with Gasteiger partial charge < -0.3 is 10.6 Å². The van der Waals surface area contributed by atoms with Crippen LogP contribution in [-0.2, 0) is 19.2 Å². The van der Waals surface area contributed by atoms with E-state index in [2.05, 4.69) is 10.6 Å². The number of hydrogen-bond donors (Lipinski definition) is 2. The summed E-state index contributed by atoms with van der Waals surface area (Å²) in [4.78, 5) is 50.0. The van der Waals surface area contributed by atoms with E-state index < -0.39 is 5.91 Å². The number of carbonyl (C=O) groups excluding carboxylic acids is 4. The molecule has 1 aromatic rings. The minimum absolute atomic E-state index is 0.225. The molecule has 0 spiro atoms. The second kappa shape index (κ2) is 7.73. The van der Waals surface area contributed by atoms with Crippen molar-refractivity contribution in [2.75, 3.05) is 18.4 Å². The monoisotopic (exact) mass is 369 g/mol. The van der Waals surface area contributed by atoms with Crippen LogP contribution in [0, 0.1) is 25.7 Å². The van der Waals surface area contributed by atoms with E-state index in [1.165, 1.54) is 0 Å². The van der Waals surface area contributed by atoms with Crippen molar-refractivity contribution in [3.05, 3.63) is 41.5 Å². The number of amides is 4. The maximum Gasteiger partial charge on any atom is 0.243 e. The number of hydrogen-bond acceptors (Lipinski definition) is 4. The fourth-order valence-electron chi connectivity index (χ4n) is 3.60. The lowest BCUT2D eigenvalue weighted by molar-refractivity contribution is -0.143. The van der Waals surface area contributed by atoms with Gasteiger partial charge in [-0.3, -0.25) is 24.1 Å². The zero-order valence-electron chi connectivity index (χ0n) is 15.5. The van der Waals surface area contributed by atoms with E-state index in [0.29, 0.717) is 12.8 Å². The molecule has 1 saturated heterocycles. The van der Waals surface area contributed by atoms with Crippen molar-refractivity contribution < 1.29 is 19.2 Å². The molecule has 1 fully saturated rings. The van der Waals surface area contributed by atoms with Gasteiger partial charge in [0.05, 0.1) is 18.4 Å². The molecule has 1 aliphatic heterocycles. The summed E-state index contributed by atoms with van der Waals surface area (Å²) in [5, 5.41) is 5.25.